The van der Waals surface area contributed by atoms with Crippen LogP contribution in [0.4, 0.5) is 0 Å². The number of benzene rings is 2. The van der Waals surface area contributed by atoms with Gasteiger partial charge in [-0.25, -0.2) is 4.79 Å². The number of halogens is 1. The summed E-state index contributed by atoms with van der Waals surface area (Å²) in [7, 11) is 0. The molecule has 0 radical (unpaired) electrons. The van der Waals surface area contributed by atoms with E-state index in [-0.39, 0.29) is 25.4 Å². The van der Waals surface area contributed by atoms with Crippen LogP contribution in [0.15, 0.2) is 54.6 Å². The Labute approximate surface area is 145 Å². The Hall–Kier alpha value is -2.53. The Morgan fingerprint density at radius 1 is 1.08 bits per heavy atom. The molecule has 0 aliphatic carbocycles. The lowest BCUT2D eigenvalue weighted by atomic mass is 10.1. The lowest BCUT2D eigenvalue weighted by Gasteiger charge is -2.15. The highest BCUT2D eigenvalue weighted by atomic mass is 35.5. The predicted molar refractivity (Wildman–Crippen MR) is 91.3 cm³/mol. The monoisotopic (exact) mass is 347 g/mol. The normalized spacial score (nSPS) is 11.5. The van der Waals surface area contributed by atoms with E-state index in [1.807, 2.05) is 30.3 Å². The maximum Gasteiger partial charge on any atom is 0.326 e. The van der Waals surface area contributed by atoms with Crippen LogP contribution in [0.2, 0.25) is 5.02 Å². The second kappa shape index (κ2) is 8.93. The molecular formula is C18H18ClNO4. The first-order chi connectivity index (χ1) is 11.5. The second-order valence-electron chi connectivity index (χ2n) is 5.20. The zero-order chi connectivity index (χ0) is 17.4. The maximum absolute atomic E-state index is 11.9. The molecule has 0 saturated heterocycles. The fraction of sp³-hybridized carbons (Fsp3) is 0.222. The van der Waals surface area contributed by atoms with Gasteiger partial charge in [0.15, 0.2) is 0 Å². The van der Waals surface area contributed by atoms with E-state index < -0.39 is 12.0 Å². The van der Waals surface area contributed by atoms with E-state index in [1.165, 1.54) is 0 Å². The molecule has 24 heavy (non-hydrogen) atoms. The van der Waals surface area contributed by atoms with Gasteiger partial charge >= 0.3 is 5.97 Å². The Kier molecular flexibility index (Phi) is 6.63. The van der Waals surface area contributed by atoms with Gasteiger partial charge in [0.2, 0.25) is 5.91 Å². The van der Waals surface area contributed by atoms with E-state index in [2.05, 4.69) is 5.32 Å². The number of ether oxygens (including phenoxy) is 1. The summed E-state index contributed by atoms with van der Waals surface area (Å²) < 4.78 is 5.43. The van der Waals surface area contributed by atoms with Gasteiger partial charge in [0.1, 0.15) is 11.8 Å². The van der Waals surface area contributed by atoms with Crippen molar-refractivity contribution in [1.29, 1.82) is 0 Å². The van der Waals surface area contributed by atoms with E-state index in [0.717, 1.165) is 5.56 Å². The van der Waals surface area contributed by atoms with Crippen LogP contribution >= 0.6 is 11.6 Å². The number of carbonyl (C=O) groups excluding carboxylic acids is 1. The van der Waals surface area contributed by atoms with Gasteiger partial charge in [-0.15, -0.1) is 0 Å². The third kappa shape index (κ3) is 5.93. The summed E-state index contributed by atoms with van der Waals surface area (Å²) in [5.41, 5.74) is 0.850. The van der Waals surface area contributed by atoms with Crippen LogP contribution in [0.25, 0.3) is 0 Å². The quantitative estimate of drug-likeness (QED) is 0.770. The zero-order valence-corrected chi connectivity index (χ0v) is 13.7. The number of carboxylic acids is 1. The van der Waals surface area contributed by atoms with E-state index in [0.29, 0.717) is 10.8 Å². The average Bonchev–Trinajstić information content (AvgIpc) is 2.57. The highest BCUT2D eigenvalue weighted by molar-refractivity contribution is 6.30. The van der Waals surface area contributed by atoms with Gasteiger partial charge in [-0.05, 0) is 29.8 Å². The van der Waals surface area contributed by atoms with Gasteiger partial charge in [0.05, 0.1) is 13.0 Å². The van der Waals surface area contributed by atoms with Crippen molar-refractivity contribution in [2.45, 2.75) is 18.9 Å². The highest BCUT2D eigenvalue weighted by Crippen LogP contribution is 2.15. The van der Waals surface area contributed by atoms with Crippen molar-refractivity contribution in [3.05, 3.63) is 65.2 Å². The third-order valence-corrected chi connectivity index (χ3v) is 3.58. The van der Waals surface area contributed by atoms with Crippen molar-refractivity contribution in [1.82, 2.24) is 5.32 Å². The number of aliphatic carboxylic acids is 1. The molecule has 0 saturated carbocycles. The van der Waals surface area contributed by atoms with Crippen molar-refractivity contribution < 1.29 is 19.4 Å². The average molecular weight is 348 g/mol. The summed E-state index contributed by atoms with van der Waals surface area (Å²) in [4.78, 5) is 23.2. The van der Waals surface area contributed by atoms with Crippen LogP contribution in [0.3, 0.4) is 0 Å². The van der Waals surface area contributed by atoms with Crippen LogP contribution < -0.4 is 10.1 Å². The van der Waals surface area contributed by atoms with E-state index in [4.69, 9.17) is 16.3 Å². The number of amides is 1. The van der Waals surface area contributed by atoms with Crippen LogP contribution in [0, 0.1) is 0 Å². The van der Waals surface area contributed by atoms with Gasteiger partial charge < -0.3 is 15.2 Å². The number of nitrogens with one attached hydrogen (secondary N) is 1. The molecule has 6 heteroatoms. The molecule has 126 valence electrons. The Bertz CT molecular complexity index is 673. The van der Waals surface area contributed by atoms with E-state index >= 15 is 0 Å². The lowest BCUT2D eigenvalue weighted by Crippen LogP contribution is -2.42. The van der Waals surface area contributed by atoms with E-state index in [9.17, 15) is 14.7 Å². The molecule has 0 spiro atoms. The van der Waals surface area contributed by atoms with Crippen molar-refractivity contribution in [2.75, 3.05) is 6.61 Å². The minimum Gasteiger partial charge on any atom is -0.493 e. The van der Waals surface area contributed by atoms with E-state index in [1.54, 1.807) is 24.3 Å². The van der Waals surface area contributed by atoms with Crippen molar-refractivity contribution in [3.8, 4) is 5.75 Å². The first-order valence-corrected chi connectivity index (χ1v) is 7.87. The topological polar surface area (TPSA) is 75.6 Å². The first-order valence-electron chi connectivity index (χ1n) is 7.49. The van der Waals surface area contributed by atoms with Gasteiger partial charge in [0.25, 0.3) is 0 Å². The molecule has 0 aromatic heterocycles. The smallest absolute Gasteiger partial charge is 0.326 e. The lowest BCUT2D eigenvalue weighted by molar-refractivity contribution is -0.141. The second-order valence-corrected chi connectivity index (χ2v) is 5.64. The number of carbonyl (C=O) groups is 2. The van der Waals surface area contributed by atoms with Crippen molar-refractivity contribution >= 4 is 23.5 Å². The number of carboxylic acid groups (broad SMARTS) is 1. The minimum absolute atomic E-state index is 0.0706. The van der Waals surface area contributed by atoms with Crippen molar-refractivity contribution in [2.24, 2.45) is 0 Å². The molecular weight excluding hydrogens is 330 g/mol. The van der Waals surface area contributed by atoms with Crippen molar-refractivity contribution in [3.63, 3.8) is 0 Å². The minimum atomic E-state index is -1.06. The van der Waals surface area contributed by atoms with Gasteiger partial charge in [-0.1, -0.05) is 41.9 Å². The summed E-state index contributed by atoms with van der Waals surface area (Å²) in [5, 5.41) is 12.4. The van der Waals surface area contributed by atoms with Gasteiger partial charge in [0, 0.05) is 11.4 Å². The summed E-state index contributed by atoms with van der Waals surface area (Å²) in [6, 6.07) is 15.0. The van der Waals surface area contributed by atoms with Crippen LogP contribution in [-0.4, -0.2) is 29.6 Å². The molecule has 2 N–H and O–H groups in total. The van der Waals surface area contributed by atoms with Crippen LogP contribution in [0.1, 0.15) is 12.0 Å². The molecule has 1 amide bonds. The first kappa shape index (κ1) is 17.8. The van der Waals surface area contributed by atoms with Gasteiger partial charge in [-0.3, -0.25) is 4.79 Å². The molecule has 2 aromatic rings. The molecule has 0 heterocycles. The molecule has 2 aromatic carbocycles. The molecule has 0 unspecified atom stereocenters. The zero-order valence-electron chi connectivity index (χ0n) is 12.9. The molecule has 1 atom stereocenters. The molecule has 0 aliphatic heterocycles. The highest BCUT2D eigenvalue weighted by Gasteiger charge is 2.20. The summed E-state index contributed by atoms with van der Waals surface area (Å²) >= 11 is 5.77. The Morgan fingerprint density at radius 2 is 1.75 bits per heavy atom. The summed E-state index contributed by atoms with van der Waals surface area (Å²) in [5.74, 6) is -0.829. The number of hydrogen-bond acceptors (Lipinski definition) is 3. The van der Waals surface area contributed by atoms with Gasteiger partial charge in [-0.2, -0.15) is 0 Å². The largest absolute Gasteiger partial charge is 0.493 e. The number of hydrogen-bond donors (Lipinski definition) is 2. The molecule has 0 aliphatic rings. The summed E-state index contributed by atoms with van der Waals surface area (Å²) in [6.45, 7) is 0.158. The molecule has 2 rings (SSSR count). The molecule has 5 nitrogen and oxygen atoms in total. The fourth-order valence-electron chi connectivity index (χ4n) is 2.11. The predicted octanol–water partition coefficient (Wildman–Crippen LogP) is 2.92. The summed E-state index contributed by atoms with van der Waals surface area (Å²) in [6.07, 6.45) is 0.307. The molecule has 0 bridgehead atoms. The number of rotatable bonds is 8. The maximum atomic E-state index is 11.9. The van der Waals surface area contributed by atoms with Crippen LogP contribution in [-0.2, 0) is 16.0 Å². The van der Waals surface area contributed by atoms with Crippen LogP contribution in [0.5, 0.6) is 5.75 Å². The SMILES string of the molecule is O=C(CCOc1ccc(Cl)cc1)N[C@@H](Cc1ccccc1)C(=O)O. The standard InChI is InChI=1S/C18H18ClNO4/c19-14-6-8-15(9-7-14)24-11-10-17(21)20-16(18(22)23)12-13-4-2-1-3-5-13/h1-9,16H,10-12H2,(H,20,21)(H,22,23)/t16-/m0/s1. The Morgan fingerprint density at radius 3 is 2.38 bits per heavy atom. The molecule has 0 fully saturated rings. The Balaban J connectivity index is 1.80. The fourth-order valence-corrected chi connectivity index (χ4v) is 2.23. The third-order valence-electron chi connectivity index (χ3n) is 3.33.